The van der Waals surface area contributed by atoms with Crippen LogP contribution in [0.4, 0.5) is 0 Å². The Morgan fingerprint density at radius 2 is 2.17 bits per heavy atom. The summed E-state index contributed by atoms with van der Waals surface area (Å²) in [7, 11) is 0. The second-order valence-electron chi connectivity index (χ2n) is 2.34. The molecule has 0 saturated heterocycles. The van der Waals surface area contributed by atoms with Gasteiger partial charge in [0.25, 0.3) is 0 Å². The fraction of sp³-hybridized carbons (Fsp3) is 0.111. The molecule has 0 heterocycles. The average Bonchev–Trinajstić information content (AvgIpc) is 2.16. The topological polar surface area (TPSA) is 56.4 Å². The van der Waals surface area contributed by atoms with Crippen LogP contribution < -0.4 is 0 Å². The number of nitrogens with zero attached hydrogens (tertiary/aromatic N) is 2. The number of rotatable bonds is 1. The molecule has 0 bridgehead atoms. The van der Waals surface area contributed by atoms with E-state index >= 15 is 0 Å². The van der Waals surface area contributed by atoms with Gasteiger partial charge in [-0.3, -0.25) is 0 Å². The third-order valence-electron chi connectivity index (χ3n) is 1.59. The summed E-state index contributed by atoms with van der Waals surface area (Å²) in [4.78, 5) is 0. The standard InChI is InChI=1S/C9H8N2O/c1-7(11-12)9-5-3-2-4-8(9)6-10/h2-5,12H,1H3/b11-7+. The normalized spacial score (nSPS) is 10.8. The molecule has 0 saturated carbocycles. The van der Waals surface area contributed by atoms with Crippen LogP contribution in [0.2, 0.25) is 0 Å². The Morgan fingerprint density at radius 1 is 1.50 bits per heavy atom. The van der Waals surface area contributed by atoms with E-state index in [-0.39, 0.29) is 0 Å². The van der Waals surface area contributed by atoms with Gasteiger partial charge in [0.05, 0.1) is 17.3 Å². The summed E-state index contributed by atoms with van der Waals surface area (Å²) < 4.78 is 0. The lowest BCUT2D eigenvalue weighted by Crippen LogP contribution is -1.97. The second-order valence-corrected chi connectivity index (χ2v) is 2.34. The molecule has 1 rings (SSSR count). The molecule has 1 aromatic rings. The summed E-state index contributed by atoms with van der Waals surface area (Å²) in [6, 6.07) is 9.01. The van der Waals surface area contributed by atoms with Crippen LogP contribution >= 0.6 is 0 Å². The van der Waals surface area contributed by atoms with E-state index in [4.69, 9.17) is 10.5 Å². The highest BCUT2D eigenvalue weighted by atomic mass is 16.4. The third kappa shape index (κ3) is 1.43. The highest BCUT2D eigenvalue weighted by Crippen LogP contribution is 2.07. The van der Waals surface area contributed by atoms with Gasteiger partial charge >= 0.3 is 0 Å². The van der Waals surface area contributed by atoms with Gasteiger partial charge in [0.15, 0.2) is 0 Å². The third-order valence-corrected chi connectivity index (χ3v) is 1.59. The first-order valence-corrected chi connectivity index (χ1v) is 3.47. The zero-order valence-electron chi connectivity index (χ0n) is 6.65. The van der Waals surface area contributed by atoms with Gasteiger partial charge in [0, 0.05) is 5.56 Å². The molecule has 3 heteroatoms. The molecule has 0 unspecified atom stereocenters. The van der Waals surface area contributed by atoms with Crippen molar-refractivity contribution in [2.24, 2.45) is 5.16 Å². The highest BCUT2D eigenvalue weighted by molar-refractivity contribution is 6.00. The summed E-state index contributed by atoms with van der Waals surface area (Å²) in [6.45, 7) is 1.65. The minimum atomic E-state index is 0.451. The van der Waals surface area contributed by atoms with Crippen LogP contribution in [-0.4, -0.2) is 10.9 Å². The van der Waals surface area contributed by atoms with E-state index in [1.54, 1.807) is 31.2 Å². The monoisotopic (exact) mass is 160 g/mol. The molecule has 3 nitrogen and oxygen atoms in total. The molecule has 0 amide bonds. The van der Waals surface area contributed by atoms with Gasteiger partial charge in [0.1, 0.15) is 0 Å². The fourth-order valence-electron chi connectivity index (χ4n) is 0.950. The minimum absolute atomic E-state index is 0.451. The molecule has 0 aliphatic rings. The van der Waals surface area contributed by atoms with Crippen molar-refractivity contribution in [1.29, 1.82) is 5.26 Å². The lowest BCUT2D eigenvalue weighted by Gasteiger charge is -1.99. The Morgan fingerprint density at radius 3 is 2.75 bits per heavy atom. The Labute approximate surface area is 70.6 Å². The molecule has 0 aromatic heterocycles. The van der Waals surface area contributed by atoms with Crippen molar-refractivity contribution in [3.63, 3.8) is 0 Å². The van der Waals surface area contributed by atoms with Crippen LogP contribution in [0, 0.1) is 11.3 Å². The van der Waals surface area contributed by atoms with Gasteiger partial charge in [-0.25, -0.2) is 0 Å². The molecule has 0 spiro atoms. The van der Waals surface area contributed by atoms with Crippen LogP contribution in [0.15, 0.2) is 29.4 Å². The molecule has 0 radical (unpaired) electrons. The van der Waals surface area contributed by atoms with Gasteiger partial charge in [0.2, 0.25) is 0 Å². The molecular formula is C9H8N2O. The summed E-state index contributed by atoms with van der Waals surface area (Å²) in [5.74, 6) is 0. The van der Waals surface area contributed by atoms with E-state index < -0.39 is 0 Å². The zero-order chi connectivity index (χ0) is 8.97. The number of hydrogen-bond acceptors (Lipinski definition) is 3. The van der Waals surface area contributed by atoms with Crippen molar-refractivity contribution in [1.82, 2.24) is 0 Å². The highest BCUT2D eigenvalue weighted by Gasteiger charge is 2.02. The smallest absolute Gasteiger partial charge is 0.0998 e. The van der Waals surface area contributed by atoms with Crippen LogP contribution in [0.3, 0.4) is 0 Å². The van der Waals surface area contributed by atoms with Crippen LogP contribution in [0.1, 0.15) is 18.1 Å². The van der Waals surface area contributed by atoms with Gasteiger partial charge in [-0.05, 0) is 13.0 Å². The van der Waals surface area contributed by atoms with E-state index in [0.717, 1.165) is 0 Å². The largest absolute Gasteiger partial charge is 0.411 e. The van der Waals surface area contributed by atoms with E-state index in [1.807, 2.05) is 6.07 Å². The minimum Gasteiger partial charge on any atom is -0.411 e. The Kier molecular flexibility index (Phi) is 2.44. The summed E-state index contributed by atoms with van der Waals surface area (Å²) >= 11 is 0. The van der Waals surface area contributed by atoms with E-state index in [9.17, 15) is 0 Å². The molecule has 0 fully saturated rings. The number of benzene rings is 1. The second kappa shape index (κ2) is 3.54. The predicted octanol–water partition coefficient (Wildman–Crippen LogP) is 1.76. The maximum atomic E-state index is 8.68. The molecule has 1 N–H and O–H groups in total. The van der Waals surface area contributed by atoms with E-state index in [0.29, 0.717) is 16.8 Å². The lowest BCUT2D eigenvalue weighted by atomic mass is 10.1. The lowest BCUT2D eigenvalue weighted by molar-refractivity contribution is 0.319. The first-order valence-electron chi connectivity index (χ1n) is 3.47. The zero-order valence-corrected chi connectivity index (χ0v) is 6.65. The van der Waals surface area contributed by atoms with Crippen LogP contribution in [-0.2, 0) is 0 Å². The van der Waals surface area contributed by atoms with Crippen molar-refractivity contribution < 1.29 is 5.21 Å². The Bertz CT molecular complexity index is 350. The van der Waals surface area contributed by atoms with Crippen molar-refractivity contribution in [3.05, 3.63) is 35.4 Å². The van der Waals surface area contributed by atoms with Gasteiger partial charge in [-0.15, -0.1) is 0 Å². The summed E-state index contributed by atoms with van der Waals surface area (Å²) in [5, 5.41) is 20.2. The molecule has 12 heavy (non-hydrogen) atoms. The van der Waals surface area contributed by atoms with Crippen molar-refractivity contribution in [2.75, 3.05) is 0 Å². The fourth-order valence-corrected chi connectivity index (χ4v) is 0.950. The van der Waals surface area contributed by atoms with Crippen molar-refractivity contribution in [2.45, 2.75) is 6.92 Å². The Hall–Kier alpha value is -1.82. The van der Waals surface area contributed by atoms with Gasteiger partial charge in [-0.2, -0.15) is 5.26 Å². The average molecular weight is 160 g/mol. The van der Waals surface area contributed by atoms with Crippen molar-refractivity contribution in [3.8, 4) is 6.07 Å². The number of hydrogen-bond donors (Lipinski definition) is 1. The van der Waals surface area contributed by atoms with Crippen molar-refractivity contribution >= 4 is 5.71 Å². The summed E-state index contributed by atoms with van der Waals surface area (Å²) in [6.07, 6.45) is 0. The Balaban J connectivity index is 3.25. The van der Waals surface area contributed by atoms with Crippen LogP contribution in [0.5, 0.6) is 0 Å². The van der Waals surface area contributed by atoms with Gasteiger partial charge in [-0.1, -0.05) is 23.4 Å². The predicted molar refractivity (Wildman–Crippen MR) is 45.2 cm³/mol. The first kappa shape index (κ1) is 8.28. The molecular weight excluding hydrogens is 152 g/mol. The molecule has 0 aliphatic carbocycles. The molecule has 1 aromatic carbocycles. The van der Waals surface area contributed by atoms with Gasteiger partial charge < -0.3 is 5.21 Å². The van der Waals surface area contributed by atoms with E-state index in [1.165, 1.54) is 0 Å². The molecule has 0 atom stereocenters. The molecule has 0 aliphatic heterocycles. The quantitative estimate of drug-likeness (QED) is 0.386. The molecule has 60 valence electrons. The SMILES string of the molecule is C/C(=N\O)c1ccccc1C#N. The number of oxime groups is 1. The number of nitriles is 1. The van der Waals surface area contributed by atoms with Crippen LogP contribution in [0.25, 0.3) is 0 Å². The maximum Gasteiger partial charge on any atom is 0.0998 e. The summed E-state index contributed by atoms with van der Waals surface area (Å²) in [5.41, 5.74) is 1.64. The first-order chi connectivity index (χ1) is 5.79. The van der Waals surface area contributed by atoms with E-state index in [2.05, 4.69) is 5.16 Å². The maximum absolute atomic E-state index is 8.68.